The van der Waals surface area contributed by atoms with Gasteiger partial charge in [-0.1, -0.05) is 23.2 Å². The second-order valence-corrected chi connectivity index (χ2v) is 8.03. The van der Waals surface area contributed by atoms with Crippen LogP contribution in [0.1, 0.15) is 26.3 Å². The summed E-state index contributed by atoms with van der Waals surface area (Å²) in [5.41, 5.74) is 1.38. The van der Waals surface area contributed by atoms with Gasteiger partial charge in [-0.25, -0.2) is 9.19 Å². The first kappa shape index (κ1) is 15.4. The minimum atomic E-state index is -1.33. The molecule has 0 aliphatic heterocycles. The van der Waals surface area contributed by atoms with E-state index in [1.807, 2.05) is 26.8 Å². The van der Waals surface area contributed by atoms with Gasteiger partial charge in [-0.05, 0) is 45.0 Å². The van der Waals surface area contributed by atoms with Gasteiger partial charge in [0.15, 0.2) is 0 Å². The highest BCUT2D eigenvalue weighted by molar-refractivity contribution is 7.85. The molecule has 0 unspecified atom stereocenters. The van der Waals surface area contributed by atoms with Crippen LogP contribution in [0.25, 0.3) is 10.9 Å². The van der Waals surface area contributed by atoms with Gasteiger partial charge < -0.3 is 0 Å². The lowest BCUT2D eigenvalue weighted by Crippen LogP contribution is -2.19. The molecule has 2 rings (SSSR count). The monoisotopic (exact) mass is 328 g/mol. The minimum absolute atomic E-state index is 0.328. The number of pyridine rings is 1. The number of benzene rings is 1. The number of halogens is 2. The summed E-state index contributed by atoms with van der Waals surface area (Å²) < 4.78 is 15.5. The molecule has 1 atom stereocenters. The number of hydrogen-bond acceptors (Lipinski definition) is 2. The molecule has 0 saturated carbocycles. The van der Waals surface area contributed by atoms with Crippen molar-refractivity contribution in [3.8, 4) is 0 Å². The molecule has 0 saturated heterocycles. The number of aromatic nitrogens is 1. The van der Waals surface area contributed by atoms with Gasteiger partial charge in [0.2, 0.25) is 0 Å². The maximum atomic E-state index is 11.9. The molecule has 6 heteroatoms. The van der Waals surface area contributed by atoms with E-state index < -0.39 is 15.7 Å². The molecule has 1 heterocycles. The summed E-state index contributed by atoms with van der Waals surface area (Å²) in [6.45, 7) is 5.58. The fourth-order valence-electron chi connectivity index (χ4n) is 1.49. The molecule has 0 fully saturated rings. The molecular formula is C14H14Cl2N2OS. The van der Waals surface area contributed by atoms with Gasteiger partial charge in [0.25, 0.3) is 0 Å². The third-order valence-electron chi connectivity index (χ3n) is 2.57. The third kappa shape index (κ3) is 3.57. The zero-order chi connectivity index (χ0) is 14.9. The zero-order valence-electron chi connectivity index (χ0n) is 11.4. The molecule has 2 aromatic rings. The molecule has 0 radical (unpaired) electrons. The lowest BCUT2D eigenvalue weighted by molar-refractivity contribution is 0.651. The number of nitrogens with zero attached hydrogens (tertiary/aromatic N) is 2. The topological polar surface area (TPSA) is 42.3 Å². The van der Waals surface area contributed by atoms with Gasteiger partial charge >= 0.3 is 0 Å². The average molecular weight is 329 g/mol. The normalized spacial score (nSPS) is 14.1. The maximum Gasteiger partial charge on any atom is 0.144 e. The third-order valence-corrected chi connectivity index (χ3v) is 4.45. The Morgan fingerprint density at radius 3 is 2.60 bits per heavy atom. The molecule has 0 aliphatic carbocycles. The minimum Gasteiger partial charge on any atom is -0.235 e. The van der Waals surface area contributed by atoms with E-state index >= 15 is 0 Å². The highest BCUT2D eigenvalue weighted by Gasteiger charge is 2.18. The van der Waals surface area contributed by atoms with Crippen molar-refractivity contribution in [2.75, 3.05) is 0 Å². The number of hydrogen-bond donors (Lipinski definition) is 0. The second kappa shape index (κ2) is 5.80. The van der Waals surface area contributed by atoms with E-state index in [1.165, 1.54) is 6.21 Å². The Balaban J connectivity index is 2.42. The van der Waals surface area contributed by atoms with Crippen LogP contribution in [0.2, 0.25) is 10.2 Å². The van der Waals surface area contributed by atoms with E-state index in [1.54, 1.807) is 18.2 Å². The molecule has 0 spiro atoms. The van der Waals surface area contributed by atoms with Crippen LogP contribution < -0.4 is 0 Å². The Labute approximate surface area is 130 Å². The van der Waals surface area contributed by atoms with Gasteiger partial charge in [-0.2, -0.15) is 4.40 Å². The summed E-state index contributed by atoms with van der Waals surface area (Å²) in [5.74, 6) is 0. The van der Waals surface area contributed by atoms with E-state index in [2.05, 4.69) is 9.38 Å². The highest BCUT2D eigenvalue weighted by Crippen LogP contribution is 2.23. The molecule has 0 amide bonds. The number of fused-ring (bicyclic) bond motifs is 1. The first-order valence-corrected chi connectivity index (χ1v) is 7.85. The summed E-state index contributed by atoms with van der Waals surface area (Å²) in [6.07, 6.45) is 1.50. The van der Waals surface area contributed by atoms with E-state index in [-0.39, 0.29) is 0 Å². The van der Waals surface area contributed by atoms with Crippen molar-refractivity contribution in [1.29, 1.82) is 0 Å². The Morgan fingerprint density at radius 2 is 1.95 bits per heavy atom. The van der Waals surface area contributed by atoms with Crippen LogP contribution in [0, 0.1) is 0 Å². The second-order valence-electron chi connectivity index (χ2n) is 5.30. The smallest absolute Gasteiger partial charge is 0.144 e. The summed E-state index contributed by atoms with van der Waals surface area (Å²) >= 11 is 12.1. The van der Waals surface area contributed by atoms with Crippen LogP contribution in [0.3, 0.4) is 0 Å². The molecule has 3 nitrogen and oxygen atoms in total. The van der Waals surface area contributed by atoms with Crippen LogP contribution in [0.5, 0.6) is 0 Å². The van der Waals surface area contributed by atoms with Crippen LogP contribution >= 0.6 is 23.2 Å². The van der Waals surface area contributed by atoms with Crippen molar-refractivity contribution < 1.29 is 4.21 Å². The Hall–Kier alpha value is -0.970. The predicted octanol–water partition coefficient (Wildman–Crippen LogP) is 4.42. The Morgan fingerprint density at radius 1 is 1.25 bits per heavy atom. The van der Waals surface area contributed by atoms with Crippen molar-refractivity contribution in [3.63, 3.8) is 0 Å². The zero-order valence-corrected chi connectivity index (χ0v) is 13.7. The van der Waals surface area contributed by atoms with Crippen molar-refractivity contribution in [2.24, 2.45) is 4.40 Å². The van der Waals surface area contributed by atoms with E-state index in [0.29, 0.717) is 15.7 Å². The molecule has 1 aromatic heterocycles. The van der Waals surface area contributed by atoms with Gasteiger partial charge in [0.05, 0.1) is 10.3 Å². The van der Waals surface area contributed by atoms with Crippen molar-refractivity contribution >= 4 is 51.3 Å². The first-order valence-electron chi connectivity index (χ1n) is 5.99. The quantitative estimate of drug-likeness (QED) is 0.604. The van der Waals surface area contributed by atoms with Crippen LogP contribution in [0.4, 0.5) is 0 Å². The van der Waals surface area contributed by atoms with Gasteiger partial charge in [0.1, 0.15) is 16.1 Å². The molecule has 20 heavy (non-hydrogen) atoms. The van der Waals surface area contributed by atoms with Crippen molar-refractivity contribution in [2.45, 2.75) is 25.5 Å². The lowest BCUT2D eigenvalue weighted by atomic mass is 10.2. The standard InChI is InChI=1S/C14H14Cl2N2OS/c1-14(2,3)20(19)17-8-10-6-9-7-11(15)4-5-12(9)18-13(10)16/h4-8H,1-3H3/t20-/m1/s1. The van der Waals surface area contributed by atoms with Crippen LogP contribution in [0.15, 0.2) is 28.7 Å². The maximum absolute atomic E-state index is 11.9. The predicted molar refractivity (Wildman–Crippen MR) is 87.3 cm³/mol. The van der Waals surface area contributed by atoms with E-state index in [4.69, 9.17) is 23.2 Å². The van der Waals surface area contributed by atoms with Crippen LogP contribution in [-0.2, 0) is 11.0 Å². The highest BCUT2D eigenvalue weighted by atomic mass is 35.5. The molecule has 0 N–H and O–H groups in total. The number of rotatable bonds is 2. The van der Waals surface area contributed by atoms with Crippen molar-refractivity contribution in [1.82, 2.24) is 4.98 Å². The largest absolute Gasteiger partial charge is 0.235 e. The van der Waals surface area contributed by atoms with Crippen molar-refractivity contribution in [3.05, 3.63) is 40.0 Å². The Kier molecular flexibility index (Phi) is 4.47. The van der Waals surface area contributed by atoms with Gasteiger partial charge in [-0.3, -0.25) is 0 Å². The van der Waals surface area contributed by atoms with E-state index in [0.717, 1.165) is 10.9 Å². The molecule has 0 bridgehead atoms. The first-order chi connectivity index (χ1) is 9.27. The summed E-state index contributed by atoms with van der Waals surface area (Å²) in [6, 6.07) is 7.20. The molecule has 1 aromatic carbocycles. The average Bonchev–Trinajstić information content (AvgIpc) is 2.35. The molecular weight excluding hydrogens is 315 g/mol. The summed E-state index contributed by atoms with van der Waals surface area (Å²) in [5, 5.41) is 1.82. The van der Waals surface area contributed by atoms with Gasteiger partial charge in [-0.15, -0.1) is 0 Å². The SMILES string of the molecule is CC(C)(C)[S@@](=O)N=Cc1cc2cc(Cl)ccc2nc1Cl. The summed E-state index contributed by atoms with van der Waals surface area (Å²) in [4.78, 5) is 4.27. The fraction of sp³-hybridized carbons (Fsp3) is 0.286. The fourth-order valence-corrected chi connectivity index (χ4v) is 2.39. The van der Waals surface area contributed by atoms with Crippen LogP contribution in [-0.4, -0.2) is 20.2 Å². The summed E-state index contributed by atoms with van der Waals surface area (Å²) in [7, 11) is -1.33. The molecule has 106 valence electrons. The van der Waals surface area contributed by atoms with E-state index in [9.17, 15) is 4.21 Å². The van der Waals surface area contributed by atoms with Gasteiger partial charge in [0, 0.05) is 22.2 Å². The Bertz CT molecular complexity index is 708. The molecule has 0 aliphatic rings. The lowest BCUT2D eigenvalue weighted by Gasteiger charge is -2.12.